The van der Waals surface area contributed by atoms with Crippen LogP contribution in [0.5, 0.6) is 0 Å². The lowest BCUT2D eigenvalue weighted by Crippen LogP contribution is -2.53. The van der Waals surface area contributed by atoms with Crippen molar-refractivity contribution in [1.29, 1.82) is 0 Å². The van der Waals surface area contributed by atoms with Gasteiger partial charge in [0.15, 0.2) is 0 Å². The number of carbonyl (C=O) groups excluding carboxylic acids is 2. The molecule has 8 nitrogen and oxygen atoms in total. The average molecular weight is 431 g/mol. The third-order valence-electron chi connectivity index (χ3n) is 5.62. The average Bonchev–Trinajstić information content (AvgIpc) is 2.81. The zero-order valence-electron chi connectivity index (χ0n) is 18.4. The molecule has 1 atom stereocenters. The fourth-order valence-corrected chi connectivity index (χ4v) is 3.77. The summed E-state index contributed by atoms with van der Waals surface area (Å²) in [4.78, 5) is 31.5. The lowest BCUT2D eigenvalue weighted by Gasteiger charge is -2.36. The number of hydrogen-bond acceptors (Lipinski definition) is 5. The number of aryl methyl sites for hydroxylation is 1. The number of nitrogens with zero attached hydrogens (tertiary/aromatic N) is 3. The predicted octanol–water partition coefficient (Wildman–Crippen LogP) is 1.37. The minimum absolute atomic E-state index is 0.00917. The van der Waals surface area contributed by atoms with Crippen molar-refractivity contribution in [3.63, 3.8) is 0 Å². The summed E-state index contributed by atoms with van der Waals surface area (Å²) >= 11 is 0. The molecular weight excluding hydrogens is 396 g/mol. The Bertz CT molecular complexity index is 734. The van der Waals surface area contributed by atoms with E-state index in [1.165, 1.54) is 0 Å². The molecule has 1 aromatic rings. The molecule has 31 heavy (non-hydrogen) atoms. The van der Waals surface area contributed by atoms with Gasteiger partial charge in [-0.1, -0.05) is 23.8 Å². The van der Waals surface area contributed by atoms with Crippen molar-refractivity contribution in [3.05, 3.63) is 48.0 Å². The first kappa shape index (κ1) is 23.2. The van der Waals surface area contributed by atoms with Gasteiger partial charge in [0.05, 0.1) is 32.5 Å². The highest BCUT2D eigenvalue weighted by Crippen LogP contribution is 2.12. The third kappa shape index (κ3) is 7.05. The molecule has 1 aromatic carbocycles. The minimum Gasteiger partial charge on any atom is -0.379 e. The molecule has 2 aliphatic rings. The van der Waals surface area contributed by atoms with Crippen molar-refractivity contribution in [2.45, 2.75) is 13.0 Å². The fourth-order valence-electron chi connectivity index (χ4n) is 3.77. The first-order valence-corrected chi connectivity index (χ1v) is 11.0. The highest BCUT2D eigenvalue weighted by atomic mass is 16.5. The van der Waals surface area contributed by atoms with Gasteiger partial charge in [0.25, 0.3) is 5.91 Å². The second-order valence-corrected chi connectivity index (χ2v) is 7.98. The maximum atomic E-state index is 13.3. The first-order valence-electron chi connectivity index (χ1n) is 11.0. The summed E-state index contributed by atoms with van der Waals surface area (Å²) in [5.74, 6) is -0.00917. The predicted molar refractivity (Wildman–Crippen MR) is 119 cm³/mol. The van der Waals surface area contributed by atoms with E-state index in [4.69, 9.17) is 9.47 Å². The number of nitrogens with one attached hydrogen (secondary N) is 1. The highest BCUT2D eigenvalue weighted by Gasteiger charge is 2.28. The van der Waals surface area contributed by atoms with Crippen LogP contribution in [-0.4, -0.2) is 105 Å². The second kappa shape index (κ2) is 11.8. The number of amides is 3. The molecule has 0 bridgehead atoms. The summed E-state index contributed by atoms with van der Waals surface area (Å²) in [6.07, 6.45) is 1.44. The molecule has 8 heteroatoms. The quantitative estimate of drug-likeness (QED) is 0.631. The second-order valence-electron chi connectivity index (χ2n) is 7.98. The van der Waals surface area contributed by atoms with E-state index in [2.05, 4.69) is 16.8 Å². The Balaban J connectivity index is 1.64. The maximum Gasteiger partial charge on any atom is 0.317 e. The molecule has 2 saturated heterocycles. The van der Waals surface area contributed by atoms with Crippen LogP contribution in [-0.2, 0) is 9.47 Å². The van der Waals surface area contributed by atoms with Gasteiger partial charge in [-0.15, -0.1) is 6.58 Å². The van der Waals surface area contributed by atoms with Crippen LogP contribution in [0, 0.1) is 6.92 Å². The van der Waals surface area contributed by atoms with Crippen molar-refractivity contribution in [2.24, 2.45) is 0 Å². The Kier molecular flexibility index (Phi) is 8.87. The highest BCUT2D eigenvalue weighted by molar-refractivity contribution is 5.94. The summed E-state index contributed by atoms with van der Waals surface area (Å²) in [6.45, 7) is 12.6. The van der Waals surface area contributed by atoms with Gasteiger partial charge in [-0.2, -0.15) is 0 Å². The van der Waals surface area contributed by atoms with Gasteiger partial charge in [-0.3, -0.25) is 9.69 Å². The van der Waals surface area contributed by atoms with Gasteiger partial charge in [0, 0.05) is 51.4 Å². The zero-order valence-corrected chi connectivity index (χ0v) is 18.4. The van der Waals surface area contributed by atoms with Gasteiger partial charge in [-0.05, 0) is 19.1 Å². The maximum absolute atomic E-state index is 13.3. The molecule has 0 unspecified atom stereocenters. The van der Waals surface area contributed by atoms with E-state index in [9.17, 15) is 9.59 Å². The van der Waals surface area contributed by atoms with Crippen molar-refractivity contribution in [1.82, 2.24) is 20.0 Å². The molecule has 3 amide bonds. The fraction of sp³-hybridized carbons (Fsp3) is 0.565. The van der Waals surface area contributed by atoms with E-state index in [0.29, 0.717) is 44.9 Å². The van der Waals surface area contributed by atoms with Gasteiger partial charge < -0.3 is 24.6 Å². The number of urea groups is 1. The molecule has 0 saturated carbocycles. The Morgan fingerprint density at radius 3 is 2.65 bits per heavy atom. The van der Waals surface area contributed by atoms with E-state index >= 15 is 0 Å². The minimum atomic E-state index is -0.220. The van der Waals surface area contributed by atoms with E-state index < -0.39 is 0 Å². The number of ether oxygens (including phenoxy) is 2. The summed E-state index contributed by atoms with van der Waals surface area (Å²) in [5.41, 5.74) is 1.79. The molecule has 2 heterocycles. The van der Waals surface area contributed by atoms with Crippen LogP contribution in [0.15, 0.2) is 36.9 Å². The number of carbonyl (C=O) groups is 2. The van der Waals surface area contributed by atoms with Crippen molar-refractivity contribution >= 4 is 11.9 Å². The molecule has 2 aliphatic heterocycles. The molecule has 0 aromatic heterocycles. The molecule has 0 spiro atoms. The summed E-state index contributed by atoms with van der Waals surface area (Å²) in [7, 11) is 0. The third-order valence-corrected chi connectivity index (χ3v) is 5.62. The molecular formula is C23H34N4O4. The standard InChI is InChI=1S/C23H34N4O4/c1-3-8-24-23(29)27-13-16-31-21(18-27)17-26(10-9-25-11-14-30-15-12-25)22(28)20-6-4-19(2)5-7-20/h3-7,21H,1,8-18H2,2H3,(H,24,29)/t21-/m1/s1. The van der Waals surface area contributed by atoms with Crippen LogP contribution in [0.1, 0.15) is 15.9 Å². The van der Waals surface area contributed by atoms with E-state index in [1.807, 2.05) is 36.1 Å². The van der Waals surface area contributed by atoms with Gasteiger partial charge in [0.1, 0.15) is 0 Å². The van der Waals surface area contributed by atoms with Crippen molar-refractivity contribution in [2.75, 3.05) is 72.2 Å². The Morgan fingerprint density at radius 2 is 1.94 bits per heavy atom. The van der Waals surface area contributed by atoms with Crippen molar-refractivity contribution < 1.29 is 19.1 Å². The number of hydrogen-bond donors (Lipinski definition) is 1. The Hall–Kier alpha value is -2.42. The summed E-state index contributed by atoms with van der Waals surface area (Å²) in [6, 6.07) is 7.52. The topological polar surface area (TPSA) is 74.4 Å². The smallest absolute Gasteiger partial charge is 0.317 e. The molecule has 1 N–H and O–H groups in total. The summed E-state index contributed by atoms with van der Waals surface area (Å²) < 4.78 is 11.3. The first-order chi connectivity index (χ1) is 15.1. The number of benzene rings is 1. The van der Waals surface area contributed by atoms with Gasteiger partial charge in [0.2, 0.25) is 0 Å². The van der Waals surface area contributed by atoms with E-state index in [1.54, 1.807) is 11.0 Å². The van der Waals surface area contributed by atoms with Crippen LogP contribution in [0.3, 0.4) is 0 Å². The van der Waals surface area contributed by atoms with Crippen molar-refractivity contribution in [3.8, 4) is 0 Å². The molecule has 0 aliphatic carbocycles. The van der Waals surface area contributed by atoms with Crippen LogP contribution in [0.2, 0.25) is 0 Å². The van der Waals surface area contributed by atoms with Gasteiger partial charge >= 0.3 is 6.03 Å². The Labute approximate surface area is 184 Å². The largest absolute Gasteiger partial charge is 0.379 e. The van der Waals surface area contributed by atoms with E-state index in [-0.39, 0.29) is 18.0 Å². The summed E-state index contributed by atoms with van der Waals surface area (Å²) in [5, 5.41) is 2.81. The monoisotopic (exact) mass is 430 g/mol. The van der Waals surface area contributed by atoms with Crippen LogP contribution < -0.4 is 5.32 Å². The molecule has 2 fully saturated rings. The zero-order chi connectivity index (χ0) is 22.1. The molecule has 3 rings (SSSR count). The molecule has 0 radical (unpaired) electrons. The molecule has 170 valence electrons. The Morgan fingerprint density at radius 1 is 1.19 bits per heavy atom. The van der Waals surface area contributed by atoms with Crippen LogP contribution in [0.25, 0.3) is 0 Å². The van der Waals surface area contributed by atoms with Crippen LogP contribution in [0.4, 0.5) is 4.79 Å². The lowest BCUT2D eigenvalue weighted by molar-refractivity contribution is -0.0295. The SMILES string of the molecule is C=CCNC(=O)N1CCO[C@H](CN(CCN2CCOCC2)C(=O)c2ccc(C)cc2)C1. The number of rotatable bonds is 8. The van der Waals surface area contributed by atoms with Gasteiger partial charge in [-0.25, -0.2) is 4.79 Å². The van der Waals surface area contributed by atoms with E-state index in [0.717, 1.165) is 38.4 Å². The van der Waals surface area contributed by atoms with Crippen LogP contribution >= 0.6 is 0 Å². The lowest BCUT2D eigenvalue weighted by atomic mass is 10.1. The normalized spacial score (nSPS) is 19.6. The number of morpholine rings is 2.